The Morgan fingerprint density at radius 1 is 1.16 bits per heavy atom. The first-order valence-corrected chi connectivity index (χ1v) is 5.91. The van der Waals surface area contributed by atoms with E-state index in [0.717, 1.165) is 5.56 Å². The lowest BCUT2D eigenvalue weighted by Gasteiger charge is -2.11. The molecule has 4 heteroatoms. The maximum atomic E-state index is 12.1. The molecular weight excluding hydrogens is 240 g/mol. The molecule has 0 aliphatic carbocycles. The lowest BCUT2D eigenvalue weighted by atomic mass is 10.1. The van der Waals surface area contributed by atoms with Gasteiger partial charge in [-0.15, -0.1) is 0 Å². The van der Waals surface area contributed by atoms with Crippen LogP contribution in [0.25, 0.3) is 0 Å². The van der Waals surface area contributed by atoms with E-state index in [0.29, 0.717) is 22.7 Å². The van der Waals surface area contributed by atoms with Crippen LogP contribution < -0.4 is 15.8 Å². The molecular formula is C15H16N2O2. The van der Waals surface area contributed by atoms with E-state index in [1.165, 1.54) is 0 Å². The van der Waals surface area contributed by atoms with Crippen LogP contribution in [0.15, 0.2) is 42.5 Å². The smallest absolute Gasteiger partial charge is 0.255 e. The molecule has 2 rings (SSSR count). The fraction of sp³-hybridized carbons (Fsp3) is 0.133. The van der Waals surface area contributed by atoms with Gasteiger partial charge in [-0.25, -0.2) is 0 Å². The van der Waals surface area contributed by atoms with Crippen molar-refractivity contribution in [3.8, 4) is 5.75 Å². The van der Waals surface area contributed by atoms with Gasteiger partial charge in [0.15, 0.2) is 0 Å². The van der Waals surface area contributed by atoms with Crippen LogP contribution in [0.5, 0.6) is 5.75 Å². The van der Waals surface area contributed by atoms with E-state index in [9.17, 15) is 4.79 Å². The number of nitrogen functional groups attached to an aromatic ring is 1. The molecule has 0 radical (unpaired) electrons. The third kappa shape index (κ3) is 3.04. The highest BCUT2D eigenvalue weighted by atomic mass is 16.5. The molecule has 0 aliphatic heterocycles. The van der Waals surface area contributed by atoms with Gasteiger partial charge in [0.05, 0.1) is 12.8 Å². The van der Waals surface area contributed by atoms with Crippen LogP contribution in [0, 0.1) is 6.92 Å². The molecule has 3 N–H and O–H groups in total. The van der Waals surface area contributed by atoms with Gasteiger partial charge >= 0.3 is 0 Å². The SMILES string of the molecule is COc1ccc(C)cc1NC(=O)c1ccc(N)cc1. The number of benzene rings is 2. The first-order chi connectivity index (χ1) is 9.10. The molecule has 0 atom stereocenters. The van der Waals surface area contributed by atoms with Crippen LogP contribution in [-0.2, 0) is 0 Å². The second-order valence-corrected chi connectivity index (χ2v) is 4.28. The zero-order chi connectivity index (χ0) is 13.8. The van der Waals surface area contributed by atoms with Crippen molar-refractivity contribution in [3.05, 3.63) is 53.6 Å². The van der Waals surface area contributed by atoms with Gasteiger partial charge in [0.25, 0.3) is 5.91 Å². The van der Waals surface area contributed by atoms with E-state index in [1.807, 2.05) is 25.1 Å². The van der Waals surface area contributed by atoms with E-state index in [2.05, 4.69) is 5.32 Å². The highest BCUT2D eigenvalue weighted by molar-refractivity contribution is 6.05. The first-order valence-electron chi connectivity index (χ1n) is 5.91. The van der Waals surface area contributed by atoms with Gasteiger partial charge in [-0.05, 0) is 48.9 Å². The Morgan fingerprint density at radius 2 is 1.84 bits per heavy atom. The van der Waals surface area contributed by atoms with Gasteiger partial charge in [0, 0.05) is 11.3 Å². The van der Waals surface area contributed by atoms with Crippen LogP contribution in [0.1, 0.15) is 15.9 Å². The maximum Gasteiger partial charge on any atom is 0.255 e. The average Bonchev–Trinajstić information content (AvgIpc) is 2.39. The Hall–Kier alpha value is -2.49. The minimum absolute atomic E-state index is 0.191. The van der Waals surface area contributed by atoms with Crippen molar-refractivity contribution in [2.45, 2.75) is 6.92 Å². The summed E-state index contributed by atoms with van der Waals surface area (Å²) in [5.41, 5.74) is 8.48. The molecule has 0 saturated carbocycles. The van der Waals surface area contributed by atoms with Crippen molar-refractivity contribution in [2.24, 2.45) is 0 Å². The van der Waals surface area contributed by atoms with Gasteiger partial charge < -0.3 is 15.8 Å². The molecule has 4 nitrogen and oxygen atoms in total. The number of ether oxygens (including phenoxy) is 1. The largest absolute Gasteiger partial charge is 0.495 e. The number of carbonyl (C=O) groups excluding carboxylic acids is 1. The number of hydrogen-bond acceptors (Lipinski definition) is 3. The van der Waals surface area contributed by atoms with Crippen LogP contribution in [0.4, 0.5) is 11.4 Å². The normalized spacial score (nSPS) is 10.0. The van der Waals surface area contributed by atoms with Gasteiger partial charge in [-0.2, -0.15) is 0 Å². The van der Waals surface area contributed by atoms with Crippen LogP contribution in [0.2, 0.25) is 0 Å². The van der Waals surface area contributed by atoms with Crippen LogP contribution in [-0.4, -0.2) is 13.0 Å². The molecule has 0 aliphatic rings. The molecule has 0 bridgehead atoms. The average molecular weight is 256 g/mol. The van der Waals surface area contributed by atoms with Crippen molar-refractivity contribution >= 4 is 17.3 Å². The molecule has 2 aromatic rings. The number of hydrogen-bond donors (Lipinski definition) is 2. The molecule has 1 amide bonds. The predicted octanol–water partition coefficient (Wildman–Crippen LogP) is 2.84. The lowest BCUT2D eigenvalue weighted by molar-refractivity contribution is 0.102. The highest BCUT2D eigenvalue weighted by Crippen LogP contribution is 2.25. The maximum absolute atomic E-state index is 12.1. The molecule has 2 aromatic carbocycles. The van der Waals surface area contributed by atoms with Crippen LogP contribution >= 0.6 is 0 Å². The summed E-state index contributed by atoms with van der Waals surface area (Å²) in [7, 11) is 1.57. The number of carbonyl (C=O) groups is 1. The van der Waals surface area contributed by atoms with E-state index in [-0.39, 0.29) is 5.91 Å². The van der Waals surface area contributed by atoms with Crippen molar-refractivity contribution in [3.63, 3.8) is 0 Å². The van der Waals surface area contributed by atoms with Gasteiger partial charge in [-0.1, -0.05) is 6.07 Å². The molecule has 98 valence electrons. The van der Waals surface area contributed by atoms with Crippen LogP contribution in [0.3, 0.4) is 0 Å². The van der Waals surface area contributed by atoms with Gasteiger partial charge in [-0.3, -0.25) is 4.79 Å². The Morgan fingerprint density at radius 3 is 2.47 bits per heavy atom. The topological polar surface area (TPSA) is 64.3 Å². The molecule has 19 heavy (non-hydrogen) atoms. The van der Waals surface area contributed by atoms with Crippen molar-refractivity contribution in [1.29, 1.82) is 0 Å². The number of amides is 1. The number of nitrogens with one attached hydrogen (secondary N) is 1. The van der Waals surface area contributed by atoms with E-state index >= 15 is 0 Å². The summed E-state index contributed by atoms with van der Waals surface area (Å²) < 4.78 is 5.22. The zero-order valence-electron chi connectivity index (χ0n) is 10.9. The van der Waals surface area contributed by atoms with E-state index in [1.54, 1.807) is 31.4 Å². The predicted molar refractivity (Wildman–Crippen MR) is 76.5 cm³/mol. The summed E-state index contributed by atoms with van der Waals surface area (Å²) in [6.45, 7) is 1.96. The number of nitrogens with two attached hydrogens (primary N) is 1. The van der Waals surface area contributed by atoms with Gasteiger partial charge in [0.2, 0.25) is 0 Å². The third-order valence-corrected chi connectivity index (χ3v) is 2.78. The zero-order valence-corrected chi connectivity index (χ0v) is 10.9. The number of rotatable bonds is 3. The molecule has 0 fully saturated rings. The number of anilines is 2. The molecule has 0 heterocycles. The Balaban J connectivity index is 2.23. The molecule has 0 unspecified atom stereocenters. The Kier molecular flexibility index (Phi) is 3.71. The minimum Gasteiger partial charge on any atom is -0.495 e. The quantitative estimate of drug-likeness (QED) is 0.830. The first kappa shape index (κ1) is 13.0. The summed E-state index contributed by atoms with van der Waals surface area (Å²) in [5.74, 6) is 0.443. The standard InChI is InChI=1S/C15H16N2O2/c1-10-3-8-14(19-2)13(9-10)17-15(18)11-4-6-12(16)7-5-11/h3-9H,16H2,1-2H3,(H,17,18). The third-order valence-electron chi connectivity index (χ3n) is 2.78. The van der Waals surface area contributed by atoms with Crippen molar-refractivity contribution < 1.29 is 9.53 Å². The Bertz CT molecular complexity index is 592. The van der Waals surface area contributed by atoms with E-state index in [4.69, 9.17) is 10.5 Å². The summed E-state index contributed by atoms with van der Waals surface area (Å²) in [6, 6.07) is 12.4. The molecule has 0 aromatic heterocycles. The summed E-state index contributed by atoms with van der Waals surface area (Å²) in [5, 5.41) is 2.83. The second kappa shape index (κ2) is 5.44. The van der Waals surface area contributed by atoms with Crippen molar-refractivity contribution in [1.82, 2.24) is 0 Å². The second-order valence-electron chi connectivity index (χ2n) is 4.28. The van der Waals surface area contributed by atoms with E-state index < -0.39 is 0 Å². The monoisotopic (exact) mass is 256 g/mol. The number of aryl methyl sites for hydroxylation is 1. The molecule has 0 spiro atoms. The van der Waals surface area contributed by atoms with Crippen molar-refractivity contribution in [2.75, 3.05) is 18.2 Å². The summed E-state index contributed by atoms with van der Waals surface area (Å²) in [6.07, 6.45) is 0. The fourth-order valence-electron chi connectivity index (χ4n) is 1.75. The number of methoxy groups -OCH3 is 1. The fourth-order valence-corrected chi connectivity index (χ4v) is 1.75. The lowest BCUT2D eigenvalue weighted by Crippen LogP contribution is -2.12. The summed E-state index contributed by atoms with van der Waals surface area (Å²) in [4.78, 5) is 12.1. The minimum atomic E-state index is -0.191. The van der Waals surface area contributed by atoms with Gasteiger partial charge in [0.1, 0.15) is 5.75 Å². The Labute approximate surface area is 112 Å². The summed E-state index contributed by atoms with van der Waals surface area (Å²) >= 11 is 0. The highest BCUT2D eigenvalue weighted by Gasteiger charge is 2.09. The molecule has 0 saturated heterocycles.